The van der Waals surface area contributed by atoms with Gasteiger partial charge in [0.15, 0.2) is 22.5 Å². The lowest BCUT2D eigenvalue weighted by Crippen LogP contribution is -1.96. The molecule has 0 saturated carbocycles. The molecule has 2 aromatic carbocycles. The van der Waals surface area contributed by atoms with Crippen LogP contribution in [0.4, 0.5) is 8.78 Å². The Bertz CT molecular complexity index is 1350. The van der Waals surface area contributed by atoms with Gasteiger partial charge in [-0.25, -0.2) is 13.8 Å². The number of rotatable bonds is 3. The third kappa shape index (κ3) is 2.59. The number of nitrogens with zero attached hydrogens (tertiary/aromatic N) is 5. The largest absolute Gasteiger partial charge is 0.497 e. The summed E-state index contributed by atoms with van der Waals surface area (Å²) in [4.78, 5) is 5.09. The first kappa shape index (κ1) is 16.7. The molecule has 0 aliphatic carbocycles. The van der Waals surface area contributed by atoms with Crippen molar-refractivity contribution in [2.75, 3.05) is 7.11 Å². The lowest BCUT2D eigenvalue weighted by Gasteiger charge is -2.03. The van der Waals surface area contributed by atoms with Crippen molar-refractivity contribution in [2.45, 2.75) is 0 Å². The maximum absolute atomic E-state index is 14.2. The smallest absolute Gasteiger partial charge is 0.235 e. The van der Waals surface area contributed by atoms with Crippen LogP contribution < -0.4 is 4.74 Å². The topological polar surface area (TPSA) is 65.2 Å². The van der Waals surface area contributed by atoms with Gasteiger partial charge in [-0.2, -0.15) is 9.61 Å². The third-order valence-electron chi connectivity index (χ3n) is 4.30. The Hall–Kier alpha value is -3.46. The third-order valence-corrected chi connectivity index (χ3v) is 5.22. The first-order valence-corrected chi connectivity index (χ1v) is 9.07. The van der Waals surface area contributed by atoms with E-state index in [1.807, 2.05) is 30.3 Å². The molecule has 0 atom stereocenters. The summed E-state index contributed by atoms with van der Waals surface area (Å²) in [5, 5.41) is 14.0. The molecule has 0 amide bonds. The predicted molar refractivity (Wildman–Crippen MR) is 101 cm³/mol. The quantitative estimate of drug-likeness (QED) is 0.454. The second kappa shape index (κ2) is 6.31. The Morgan fingerprint density at radius 3 is 2.79 bits per heavy atom. The number of halogens is 2. The van der Waals surface area contributed by atoms with E-state index in [0.717, 1.165) is 22.7 Å². The highest BCUT2D eigenvalue weighted by molar-refractivity contribution is 7.19. The summed E-state index contributed by atoms with van der Waals surface area (Å²) in [7, 11) is 1.61. The van der Waals surface area contributed by atoms with Crippen LogP contribution in [0.15, 0.2) is 48.5 Å². The minimum atomic E-state index is -0.982. The molecule has 9 heteroatoms. The van der Waals surface area contributed by atoms with E-state index in [4.69, 9.17) is 4.74 Å². The van der Waals surface area contributed by atoms with Crippen LogP contribution in [0.3, 0.4) is 0 Å². The number of pyridine rings is 1. The molecule has 5 aromatic rings. The van der Waals surface area contributed by atoms with Gasteiger partial charge < -0.3 is 4.74 Å². The van der Waals surface area contributed by atoms with E-state index in [1.165, 1.54) is 28.0 Å². The molecule has 3 heterocycles. The van der Waals surface area contributed by atoms with Crippen LogP contribution in [0.2, 0.25) is 0 Å². The Balaban J connectivity index is 1.62. The zero-order chi connectivity index (χ0) is 19.3. The lowest BCUT2D eigenvalue weighted by molar-refractivity contribution is 0.415. The van der Waals surface area contributed by atoms with E-state index in [1.54, 1.807) is 7.11 Å². The molecule has 0 aliphatic heterocycles. The van der Waals surface area contributed by atoms with Crippen molar-refractivity contribution in [3.63, 3.8) is 0 Å². The molecule has 28 heavy (non-hydrogen) atoms. The summed E-state index contributed by atoms with van der Waals surface area (Å²) in [5.74, 6) is -1.04. The van der Waals surface area contributed by atoms with Crippen molar-refractivity contribution in [1.82, 2.24) is 24.8 Å². The summed E-state index contributed by atoms with van der Waals surface area (Å²) in [6, 6.07) is 13.3. The Morgan fingerprint density at radius 1 is 1.04 bits per heavy atom. The summed E-state index contributed by atoms with van der Waals surface area (Å²) < 4.78 is 34.4. The van der Waals surface area contributed by atoms with Crippen LogP contribution in [-0.2, 0) is 0 Å². The van der Waals surface area contributed by atoms with Crippen molar-refractivity contribution < 1.29 is 13.5 Å². The van der Waals surface area contributed by atoms with Crippen LogP contribution >= 0.6 is 11.3 Å². The SMILES string of the molecule is COc1ccc2nc(-c3nn4c(-c5cccc(F)c5F)nnc4s3)ccc2c1. The summed E-state index contributed by atoms with van der Waals surface area (Å²) in [6.45, 7) is 0. The maximum Gasteiger partial charge on any atom is 0.235 e. The molecule has 3 aromatic heterocycles. The molecule has 0 spiro atoms. The van der Waals surface area contributed by atoms with Crippen molar-refractivity contribution in [3.05, 3.63) is 60.2 Å². The van der Waals surface area contributed by atoms with Crippen LogP contribution in [-0.4, -0.2) is 31.9 Å². The zero-order valence-electron chi connectivity index (χ0n) is 14.4. The van der Waals surface area contributed by atoms with Crippen molar-refractivity contribution >= 4 is 27.2 Å². The first-order valence-electron chi connectivity index (χ1n) is 8.26. The summed E-state index contributed by atoms with van der Waals surface area (Å²) >= 11 is 1.27. The standard InChI is InChI=1S/C19H11F2N5OS/c1-27-11-6-8-14-10(9-11)5-7-15(22-14)18-25-26-17(23-24-19(26)28-18)12-3-2-4-13(20)16(12)21/h2-9H,1H3. The van der Waals surface area contributed by atoms with Gasteiger partial charge in [-0.05, 0) is 36.4 Å². The Kier molecular flexibility index (Phi) is 3.76. The Labute approximate surface area is 161 Å². The summed E-state index contributed by atoms with van der Waals surface area (Å²) in [5.41, 5.74) is 1.45. The highest BCUT2D eigenvalue weighted by atomic mass is 32.1. The van der Waals surface area contributed by atoms with Crippen molar-refractivity contribution in [1.29, 1.82) is 0 Å². The van der Waals surface area contributed by atoms with Gasteiger partial charge in [0.1, 0.15) is 11.4 Å². The highest BCUT2D eigenvalue weighted by Crippen LogP contribution is 2.30. The zero-order valence-corrected chi connectivity index (χ0v) is 15.2. The van der Waals surface area contributed by atoms with Crippen LogP contribution in [0, 0.1) is 11.6 Å². The monoisotopic (exact) mass is 395 g/mol. The molecular weight excluding hydrogens is 384 g/mol. The van der Waals surface area contributed by atoms with Crippen molar-refractivity contribution in [2.24, 2.45) is 0 Å². The highest BCUT2D eigenvalue weighted by Gasteiger charge is 2.19. The number of hydrogen-bond donors (Lipinski definition) is 0. The van der Waals surface area contributed by atoms with Gasteiger partial charge in [-0.1, -0.05) is 23.5 Å². The van der Waals surface area contributed by atoms with Gasteiger partial charge in [-0.15, -0.1) is 10.2 Å². The van der Waals surface area contributed by atoms with E-state index in [9.17, 15) is 8.78 Å². The molecular formula is C19H11F2N5OS. The fourth-order valence-corrected chi connectivity index (χ4v) is 3.72. The number of hydrogen-bond acceptors (Lipinski definition) is 6. The van der Waals surface area contributed by atoms with E-state index in [0.29, 0.717) is 15.7 Å². The molecule has 0 saturated heterocycles. The number of fused-ring (bicyclic) bond motifs is 2. The van der Waals surface area contributed by atoms with Gasteiger partial charge in [0, 0.05) is 5.39 Å². The molecule has 0 bridgehead atoms. The average molecular weight is 395 g/mol. The van der Waals surface area contributed by atoms with Crippen LogP contribution in [0.1, 0.15) is 0 Å². The van der Waals surface area contributed by atoms with Gasteiger partial charge in [0.25, 0.3) is 0 Å². The normalized spacial score (nSPS) is 11.4. The molecule has 6 nitrogen and oxygen atoms in total. The van der Waals surface area contributed by atoms with Crippen molar-refractivity contribution in [3.8, 4) is 27.8 Å². The number of ether oxygens (including phenoxy) is 1. The predicted octanol–water partition coefficient (Wildman–Crippen LogP) is 4.35. The van der Waals surface area contributed by atoms with E-state index in [2.05, 4.69) is 20.3 Å². The number of benzene rings is 2. The van der Waals surface area contributed by atoms with E-state index < -0.39 is 11.6 Å². The van der Waals surface area contributed by atoms with E-state index in [-0.39, 0.29) is 11.4 Å². The Morgan fingerprint density at radius 2 is 1.93 bits per heavy atom. The second-order valence-electron chi connectivity index (χ2n) is 5.98. The van der Waals surface area contributed by atoms with Crippen LogP contribution in [0.25, 0.3) is 38.0 Å². The molecule has 0 radical (unpaired) electrons. The molecule has 0 aliphatic rings. The lowest BCUT2D eigenvalue weighted by atomic mass is 10.2. The van der Waals surface area contributed by atoms with Gasteiger partial charge in [0.2, 0.25) is 4.96 Å². The van der Waals surface area contributed by atoms with Crippen LogP contribution in [0.5, 0.6) is 5.75 Å². The molecule has 0 unspecified atom stereocenters. The fraction of sp³-hybridized carbons (Fsp3) is 0.0526. The van der Waals surface area contributed by atoms with Gasteiger partial charge in [-0.3, -0.25) is 0 Å². The fourth-order valence-electron chi connectivity index (χ4n) is 2.91. The molecule has 0 N–H and O–H groups in total. The molecule has 0 fully saturated rings. The molecule has 138 valence electrons. The minimum absolute atomic E-state index is 0.00270. The number of aromatic nitrogens is 5. The van der Waals surface area contributed by atoms with E-state index >= 15 is 0 Å². The maximum atomic E-state index is 14.2. The van der Waals surface area contributed by atoms with Gasteiger partial charge in [0.05, 0.1) is 18.2 Å². The van der Waals surface area contributed by atoms with Gasteiger partial charge >= 0.3 is 0 Å². The average Bonchev–Trinajstić information content (AvgIpc) is 3.30. The minimum Gasteiger partial charge on any atom is -0.497 e. The second-order valence-corrected chi connectivity index (χ2v) is 6.94. The number of methoxy groups -OCH3 is 1. The first-order chi connectivity index (χ1) is 13.6. The summed E-state index contributed by atoms with van der Waals surface area (Å²) in [6.07, 6.45) is 0. The molecule has 5 rings (SSSR count).